The number of nitrogens with two attached hydrogens (primary N) is 1. The van der Waals surface area contributed by atoms with Crippen LogP contribution in [-0.2, 0) is 20.5 Å². The molecule has 2 heterocycles. The topological polar surface area (TPSA) is 114 Å². The van der Waals surface area contributed by atoms with E-state index in [-0.39, 0.29) is 29.2 Å². The van der Waals surface area contributed by atoms with Gasteiger partial charge in [0.2, 0.25) is 5.91 Å². The number of benzene rings is 2. The Morgan fingerprint density at radius 3 is 2.62 bits per heavy atom. The van der Waals surface area contributed by atoms with Crippen molar-refractivity contribution in [1.29, 1.82) is 0 Å². The molecule has 0 radical (unpaired) electrons. The number of aromatic amines is 1. The number of pyridine rings is 1. The Morgan fingerprint density at radius 1 is 1.18 bits per heavy atom. The lowest BCUT2D eigenvalue weighted by atomic mass is 9.93. The number of carbonyl (C=O) groups is 2. The molecule has 10 heteroatoms. The van der Waals surface area contributed by atoms with E-state index in [0.717, 1.165) is 6.07 Å². The molecule has 4 N–H and O–H groups in total. The summed E-state index contributed by atoms with van der Waals surface area (Å²) in [6.45, 7) is 1.48. The van der Waals surface area contributed by atoms with E-state index in [1.807, 2.05) is 0 Å². The number of hydrogen-bond donors (Lipinski definition) is 3. The third kappa shape index (κ3) is 4.67. The van der Waals surface area contributed by atoms with Crippen molar-refractivity contribution in [2.45, 2.75) is 37.5 Å². The Balaban J connectivity index is 1.62. The van der Waals surface area contributed by atoms with Crippen molar-refractivity contribution in [3.05, 3.63) is 70.0 Å². The molecule has 0 saturated carbocycles. The molecular weight excluding hydrogens is 451 g/mol. The number of rotatable bonds is 5. The van der Waals surface area contributed by atoms with E-state index in [0.29, 0.717) is 17.4 Å². The van der Waals surface area contributed by atoms with Gasteiger partial charge in [-0.25, -0.2) is 0 Å². The summed E-state index contributed by atoms with van der Waals surface area (Å²) in [5, 5.41) is 3.46. The maximum Gasteiger partial charge on any atom is 0.417 e. The van der Waals surface area contributed by atoms with E-state index < -0.39 is 41.3 Å². The van der Waals surface area contributed by atoms with Crippen LogP contribution < -0.4 is 16.6 Å². The summed E-state index contributed by atoms with van der Waals surface area (Å²) in [5.41, 5.74) is 4.56. The highest BCUT2D eigenvalue weighted by Gasteiger charge is 2.35. The van der Waals surface area contributed by atoms with E-state index in [9.17, 15) is 27.6 Å². The lowest BCUT2D eigenvalue weighted by Crippen LogP contribution is -2.35. The molecule has 178 valence electrons. The van der Waals surface area contributed by atoms with E-state index in [1.165, 1.54) is 31.2 Å². The largest absolute Gasteiger partial charge is 0.462 e. The van der Waals surface area contributed by atoms with Crippen LogP contribution in [0.4, 0.5) is 13.2 Å². The molecule has 1 aliphatic heterocycles. The fraction of sp³-hybridized carbons (Fsp3) is 0.292. The minimum Gasteiger partial charge on any atom is -0.462 e. The Morgan fingerprint density at radius 2 is 1.91 bits per heavy atom. The van der Waals surface area contributed by atoms with Crippen molar-refractivity contribution in [3.63, 3.8) is 0 Å². The summed E-state index contributed by atoms with van der Waals surface area (Å²) in [7, 11) is 0. The van der Waals surface area contributed by atoms with Gasteiger partial charge in [-0.15, -0.1) is 0 Å². The summed E-state index contributed by atoms with van der Waals surface area (Å²) in [5.74, 6) is -1.40. The van der Waals surface area contributed by atoms with Gasteiger partial charge in [-0.1, -0.05) is 30.3 Å². The first-order valence-corrected chi connectivity index (χ1v) is 10.6. The predicted octanol–water partition coefficient (Wildman–Crippen LogP) is 3.08. The van der Waals surface area contributed by atoms with Gasteiger partial charge in [-0.2, -0.15) is 13.2 Å². The van der Waals surface area contributed by atoms with Gasteiger partial charge in [-0.3, -0.25) is 14.4 Å². The smallest absolute Gasteiger partial charge is 0.417 e. The van der Waals surface area contributed by atoms with Gasteiger partial charge < -0.3 is 20.8 Å². The van der Waals surface area contributed by atoms with Gasteiger partial charge >= 0.3 is 12.1 Å². The zero-order valence-corrected chi connectivity index (χ0v) is 18.1. The summed E-state index contributed by atoms with van der Waals surface area (Å²) in [4.78, 5) is 39.4. The van der Waals surface area contributed by atoms with Gasteiger partial charge in [0.05, 0.1) is 17.5 Å². The molecule has 3 atom stereocenters. The zero-order valence-electron chi connectivity index (χ0n) is 18.1. The highest BCUT2D eigenvalue weighted by atomic mass is 19.4. The van der Waals surface area contributed by atoms with Crippen molar-refractivity contribution >= 4 is 22.6 Å². The molecule has 1 aliphatic rings. The molecule has 2 aromatic carbocycles. The van der Waals surface area contributed by atoms with Crippen LogP contribution in [-0.4, -0.2) is 35.6 Å². The molecule has 0 aliphatic carbocycles. The van der Waals surface area contributed by atoms with Crippen molar-refractivity contribution in [1.82, 2.24) is 10.3 Å². The van der Waals surface area contributed by atoms with Gasteiger partial charge in [0.1, 0.15) is 12.6 Å². The molecule has 1 amide bonds. The lowest BCUT2D eigenvalue weighted by Gasteiger charge is -2.14. The monoisotopic (exact) mass is 473 g/mol. The number of H-pyrrole nitrogens is 1. The molecule has 3 aromatic rings. The first kappa shape index (κ1) is 23.5. The average Bonchev–Trinajstić information content (AvgIpc) is 3.17. The van der Waals surface area contributed by atoms with Crippen LogP contribution in [0.2, 0.25) is 0 Å². The third-order valence-electron chi connectivity index (χ3n) is 5.78. The van der Waals surface area contributed by atoms with Crippen LogP contribution in [0.15, 0.2) is 53.3 Å². The maximum atomic E-state index is 13.4. The number of alkyl halides is 3. The second kappa shape index (κ2) is 8.94. The Hall–Kier alpha value is -3.66. The fourth-order valence-electron chi connectivity index (χ4n) is 4.07. The Kier molecular flexibility index (Phi) is 6.18. The standard InChI is InChI=1S/C24H22F3N3O4/c1-12(28)23(33)34-11-15-10-18(21(31)29-15)13-6-7-14-9-20(30-22(32)17(14)8-13)16-4-2-3-5-19(16)24(25,26)27/h2-9,12,15,18H,10-11,28H2,1H3,(H,29,31)(H,30,32)/t12-,15?,18+/m0/s1. The number of halogens is 3. The number of hydrogen-bond acceptors (Lipinski definition) is 5. The number of ether oxygens (including phenoxy) is 1. The Labute approximate surface area is 192 Å². The zero-order chi connectivity index (χ0) is 24.6. The molecular formula is C24H22F3N3O4. The molecule has 1 saturated heterocycles. The van der Waals surface area contributed by atoms with Crippen LogP contribution in [0.3, 0.4) is 0 Å². The summed E-state index contributed by atoms with van der Waals surface area (Å²) < 4.78 is 45.3. The normalized spacial score (nSPS) is 19.1. The van der Waals surface area contributed by atoms with Crippen molar-refractivity contribution < 1.29 is 27.5 Å². The number of carbonyl (C=O) groups excluding carboxylic acids is 2. The minimum atomic E-state index is -4.57. The number of aromatic nitrogens is 1. The van der Waals surface area contributed by atoms with Crippen molar-refractivity contribution in [2.75, 3.05) is 6.61 Å². The molecule has 0 spiro atoms. The highest BCUT2D eigenvalue weighted by Crippen LogP contribution is 2.37. The molecule has 1 aromatic heterocycles. The first-order chi connectivity index (χ1) is 16.0. The molecule has 0 bridgehead atoms. The van der Waals surface area contributed by atoms with Gasteiger partial charge in [0, 0.05) is 16.6 Å². The molecule has 1 unspecified atom stereocenters. The predicted molar refractivity (Wildman–Crippen MR) is 119 cm³/mol. The summed E-state index contributed by atoms with van der Waals surface area (Å²) >= 11 is 0. The van der Waals surface area contributed by atoms with E-state index in [4.69, 9.17) is 10.5 Å². The van der Waals surface area contributed by atoms with Crippen LogP contribution in [0.25, 0.3) is 22.0 Å². The maximum absolute atomic E-state index is 13.4. The molecule has 1 fully saturated rings. The van der Waals surface area contributed by atoms with E-state index in [1.54, 1.807) is 18.2 Å². The summed E-state index contributed by atoms with van der Waals surface area (Å²) in [6, 6.07) is 10.2. The number of nitrogens with one attached hydrogen (secondary N) is 2. The number of amides is 1. The van der Waals surface area contributed by atoms with Crippen LogP contribution in [0, 0.1) is 0 Å². The van der Waals surface area contributed by atoms with Crippen LogP contribution in [0.5, 0.6) is 0 Å². The van der Waals surface area contributed by atoms with E-state index >= 15 is 0 Å². The molecule has 34 heavy (non-hydrogen) atoms. The van der Waals surface area contributed by atoms with Crippen molar-refractivity contribution in [2.24, 2.45) is 5.73 Å². The summed E-state index contributed by atoms with van der Waals surface area (Å²) in [6.07, 6.45) is -4.22. The average molecular weight is 473 g/mol. The Bertz CT molecular complexity index is 1320. The second-order valence-electron chi connectivity index (χ2n) is 8.31. The van der Waals surface area contributed by atoms with Gasteiger partial charge in [-0.05, 0) is 42.5 Å². The fourth-order valence-corrected chi connectivity index (χ4v) is 4.07. The van der Waals surface area contributed by atoms with Crippen LogP contribution >= 0.6 is 0 Å². The first-order valence-electron chi connectivity index (χ1n) is 10.6. The lowest BCUT2D eigenvalue weighted by molar-refractivity contribution is -0.145. The quantitative estimate of drug-likeness (QED) is 0.493. The highest BCUT2D eigenvalue weighted by molar-refractivity contribution is 5.90. The van der Waals surface area contributed by atoms with Gasteiger partial charge in [0.25, 0.3) is 5.56 Å². The second-order valence-corrected chi connectivity index (χ2v) is 8.31. The third-order valence-corrected chi connectivity index (χ3v) is 5.78. The van der Waals surface area contributed by atoms with E-state index in [2.05, 4.69) is 10.3 Å². The SMILES string of the molecule is C[C@H](N)C(=O)OCC1C[C@H](c2ccc3cc(-c4ccccc4C(F)(F)F)[nH]c(=O)c3c2)C(=O)N1. The number of esters is 1. The molecule has 7 nitrogen and oxygen atoms in total. The van der Waals surface area contributed by atoms with Gasteiger partial charge in [0.15, 0.2) is 0 Å². The number of fused-ring (bicyclic) bond motifs is 1. The van der Waals surface area contributed by atoms with Crippen molar-refractivity contribution in [3.8, 4) is 11.3 Å². The molecule has 4 rings (SSSR count). The minimum absolute atomic E-state index is 0.0151. The van der Waals surface area contributed by atoms with Crippen LogP contribution in [0.1, 0.15) is 30.4 Å².